The third-order valence-electron chi connectivity index (χ3n) is 4.08. The van der Waals surface area contributed by atoms with Crippen LogP contribution in [0.25, 0.3) is 0 Å². The molecule has 0 unspecified atom stereocenters. The normalized spacial score (nSPS) is 42.8. The topological polar surface area (TPSA) is 71.8 Å². The summed E-state index contributed by atoms with van der Waals surface area (Å²) in [5.41, 5.74) is -0.748. The highest BCUT2D eigenvalue weighted by atomic mass is 16.8. The van der Waals surface area contributed by atoms with Gasteiger partial charge in [0.15, 0.2) is 5.79 Å². The van der Waals surface area contributed by atoms with E-state index in [9.17, 15) is 4.79 Å². The molecule has 0 radical (unpaired) electrons. The van der Waals surface area contributed by atoms with Crippen molar-refractivity contribution in [1.29, 1.82) is 5.26 Å². The molecule has 0 aromatic carbocycles. The minimum atomic E-state index is -0.748. The number of amides is 1. The van der Waals surface area contributed by atoms with Crippen LogP contribution in [0.3, 0.4) is 0 Å². The van der Waals surface area contributed by atoms with Gasteiger partial charge in [-0.2, -0.15) is 5.26 Å². The molecule has 3 aliphatic heterocycles. The maximum atomic E-state index is 11.6. The minimum absolute atomic E-state index is 0.00477. The molecule has 0 saturated carbocycles. The fourth-order valence-corrected chi connectivity index (χ4v) is 3.35. The SMILES string of the molecule is CC(=O)N1C[C@H]2O[C@@](CC#N)(C1)[C@@H]1OC(C)(C)O[C@@H]12. The zero-order chi connectivity index (χ0) is 13.8. The maximum Gasteiger partial charge on any atom is 0.219 e. The molecule has 4 atom stereocenters. The molecule has 0 aliphatic carbocycles. The van der Waals surface area contributed by atoms with Crippen molar-refractivity contribution in [3.63, 3.8) is 0 Å². The molecule has 3 fully saturated rings. The molecule has 0 aromatic rings. The van der Waals surface area contributed by atoms with Gasteiger partial charge >= 0.3 is 0 Å². The van der Waals surface area contributed by atoms with E-state index in [0.717, 1.165) is 0 Å². The number of hydrogen-bond donors (Lipinski definition) is 0. The van der Waals surface area contributed by atoms with Crippen molar-refractivity contribution in [3.8, 4) is 6.07 Å². The Balaban J connectivity index is 1.93. The fourth-order valence-electron chi connectivity index (χ4n) is 3.35. The van der Waals surface area contributed by atoms with Crippen LogP contribution in [-0.2, 0) is 19.0 Å². The van der Waals surface area contributed by atoms with Gasteiger partial charge < -0.3 is 19.1 Å². The second-order valence-electron chi connectivity index (χ2n) is 5.98. The summed E-state index contributed by atoms with van der Waals surface area (Å²) >= 11 is 0. The van der Waals surface area contributed by atoms with Crippen LogP contribution in [0, 0.1) is 11.3 Å². The van der Waals surface area contributed by atoms with E-state index in [0.29, 0.717) is 13.1 Å². The summed E-state index contributed by atoms with van der Waals surface area (Å²) in [7, 11) is 0. The van der Waals surface area contributed by atoms with E-state index in [4.69, 9.17) is 19.5 Å². The van der Waals surface area contributed by atoms with Crippen LogP contribution in [0.15, 0.2) is 0 Å². The quantitative estimate of drug-likeness (QED) is 0.688. The van der Waals surface area contributed by atoms with Gasteiger partial charge in [-0.3, -0.25) is 4.79 Å². The lowest BCUT2D eigenvalue weighted by atomic mass is 9.92. The molecule has 104 valence electrons. The van der Waals surface area contributed by atoms with Gasteiger partial charge in [-0.25, -0.2) is 0 Å². The van der Waals surface area contributed by atoms with Crippen molar-refractivity contribution >= 4 is 5.91 Å². The first-order chi connectivity index (χ1) is 8.87. The van der Waals surface area contributed by atoms with Gasteiger partial charge in [0.25, 0.3) is 0 Å². The number of nitriles is 1. The van der Waals surface area contributed by atoms with Gasteiger partial charge in [-0.1, -0.05) is 0 Å². The highest BCUT2D eigenvalue weighted by Gasteiger charge is 2.65. The van der Waals surface area contributed by atoms with Crippen LogP contribution in [0.4, 0.5) is 0 Å². The number of nitrogens with zero attached hydrogens (tertiary/aromatic N) is 2. The molecule has 6 nitrogen and oxygen atoms in total. The number of fused-ring (bicyclic) bond motifs is 5. The Morgan fingerprint density at radius 3 is 2.79 bits per heavy atom. The van der Waals surface area contributed by atoms with Crippen molar-refractivity contribution in [2.75, 3.05) is 13.1 Å². The lowest BCUT2D eigenvalue weighted by Crippen LogP contribution is -2.56. The van der Waals surface area contributed by atoms with Gasteiger partial charge in [0.1, 0.15) is 23.9 Å². The lowest BCUT2D eigenvalue weighted by molar-refractivity contribution is -0.226. The van der Waals surface area contributed by atoms with Crippen LogP contribution >= 0.6 is 0 Å². The summed E-state index contributed by atoms with van der Waals surface area (Å²) in [4.78, 5) is 13.3. The fraction of sp³-hybridized carbons (Fsp3) is 0.846. The van der Waals surface area contributed by atoms with E-state index >= 15 is 0 Å². The Morgan fingerprint density at radius 2 is 2.16 bits per heavy atom. The van der Waals surface area contributed by atoms with E-state index in [-0.39, 0.29) is 30.6 Å². The average Bonchev–Trinajstić information content (AvgIpc) is 2.73. The second-order valence-corrected chi connectivity index (χ2v) is 5.98. The highest BCUT2D eigenvalue weighted by molar-refractivity contribution is 5.73. The molecule has 3 saturated heterocycles. The average molecular weight is 266 g/mol. The minimum Gasteiger partial charge on any atom is -0.361 e. The summed E-state index contributed by atoms with van der Waals surface area (Å²) in [6.45, 7) is 6.16. The molecule has 1 amide bonds. The molecule has 2 bridgehead atoms. The number of carbonyl (C=O) groups excluding carboxylic acids is 1. The third kappa shape index (κ3) is 1.84. The molecular formula is C13H18N2O4. The molecular weight excluding hydrogens is 248 g/mol. The predicted octanol–water partition coefficient (Wildman–Crippen LogP) is 0.420. The number of morpholine rings is 1. The molecule has 0 aromatic heterocycles. The van der Waals surface area contributed by atoms with Crippen LogP contribution in [0.2, 0.25) is 0 Å². The Morgan fingerprint density at radius 1 is 1.42 bits per heavy atom. The van der Waals surface area contributed by atoms with E-state index in [1.54, 1.807) is 4.90 Å². The maximum absolute atomic E-state index is 11.6. The molecule has 3 heterocycles. The molecule has 6 heteroatoms. The van der Waals surface area contributed by atoms with Crippen LogP contribution < -0.4 is 0 Å². The summed E-state index contributed by atoms with van der Waals surface area (Å²) in [5, 5.41) is 9.08. The Bertz CT molecular complexity index is 458. The van der Waals surface area contributed by atoms with Crippen molar-refractivity contribution in [2.45, 2.75) is 56.9 Å². The van der Waals surface area contributed by atoms with E-state index in [2.05, 4.69) is 6.07 Å². The Hall–Kier alpha value is -1.16. The Labute approximate surface area is 112 Å². The number of rotatable bonds is 1. The van der Waals surface area contributed by atoms with Crippen LogP contribution in [-0.4, -0.2) is 53.6 Å². The first kappa shape index (κ1) is 12.9. The van der Waals surface area contributed by atoms with Crippen molar-refractivity contribution in [2.24, 2.45) is 0 Å². The lowest BCUT2D eigenvalue weighted by Gasteiger charge is -2.41. The third-order valence-corrected chi connectivity index (χ3v) is 4.08. The van der Waals surface area contributed by atoms with Crippen LogP contribution in [0.5, 0.6) is 0 Å². The summed E-state index contributed by atoms with van der Waals surface area (Å²) < 4.78 is 17.8. The van der Waals surface area contributed by atoms with E-state index < -0.39 is 11.4 Å². The monoisotopic (exact) mass is 266 g/mol. The molecule has 19 heavy (non-hydrogen) atoms. The zero-order valence-corrected chi connectivity index (χ0v) is 11.4. The van der Waals surface area contributed by atoms with Gasteiger partial charge in [-0.05, 0) is 13.8 Å². The number of ether oxygens (including phenoxy) is 3. The predicted molar refractivity (Wildman–Crippen MR) is 63.9 cm³/mol. The van der Waals surface area contributed by atoms with Gasteiger partial charge in [0, 0.05) is 13.5 Å². The number of carbonyl (C=O) groups is 1. The smallest absolute Gasteiger partial charge is 0.219 e. The highest BCUT2D eigenvalue weighted by Crippen LogP contribution is 2.48. The first-order valence-electron chi connectivity index (χ1n) is 6.53. The van der Waals surface area contributed by atoms with Crippen molar-refractivity contribution in [1.82, 2.24) is 4.90 Å². The first-order valence-corrected chi connectivity index (χ1v) is 6.53. The summed E-state index contributed by atoms with van der Waals surface area (Å²) in [5.74, 6) is -0.661. The summed E-state index contributed by atoms with van der Waals surface area (Å²) in [6.07, 6.45) is -0.490. The molecule has 3 aliphatic rings. The van der Waals surface area contributed by atoms with Crippen molar-refractivity contribution in [3.05, 3.63) is 0 Å². The Kier molecular flexibility index (Phi) is 2.65. The molecule has 0 spiro atoms. The van der Waals surface area contributed by atoms with Crippen molar-refractivity contribution < 1.29 is 19.0 Å². The van der Waals surface area contributed by atoms with Gasteiger partial charge in [0.05, 0.1) is 19.0 Å². The van der Waals surface area contributed by atoms with Gasteiger partial charge in [0.2, 0.25) is 5.91 Å². The number of hydrogen-bond acceptors (Lipinski definition) is 5. The van der Waals surface area contributed by atoms with E-state index in [1.165, 1.54) is 6.92 Å². The standard InChI is InChI=1S/C13H18N2O4/c1-8(16)15-6-9-10-11(19-12(2,3)18-10)13(7-15,17-9)4-5-14/h9-11H,4,6-7H2,1-3H3/t9-,10-,11-,13+/m1/s1. The summed E-state index contributed by atoms with van der Waals surface area (Å²) in [6, 6.07) is 2.16. The number of likely N-dealkylation sites (tertiary alicyclic amines) is 1. The van der Waals surface area contributed by atoms with E-state index in [1.807, 2.05) is 13.8 Å². The molecule has 0 N–H and O–H groups in total. The van der Waals surface area contributed by atoms with Crippen LogP contribution in [0.1, 0.15) is 27.2 Å². The van der Waals surface area contributed by atoms with Gasteiger partial charge in [-0.15, -0.1) is 0 Å². The largest absolute Gasteiger partial charge is 0.361 e. The molecule has 3 rings (SSSR count). The second kappa shape index (κ2) is 3.92. The zero-order valence-electron chi connectivity index (χ0n) is 11.4.